The van der Waals surface area contributed by atoms with E-state index in [1.165, 1.54) is 11.1 Å². The lowest BCUT2D eigenvalue weighted by atomic mass is 10.1. The Hall–Kier alpha value is -1.05. The van der Waals surface area contributed by atoms with Gasteiger partial charge in [-0.15, -0.1) is 0 Å². The molecule has 0 atom stereocenters. The number of hydrogen-bond donors (Lipinski definition) is 0. The van der Waals surface area contributed by atoms with Gasteiger partial charge in [0, 0.05) is 11.8 Å². The van der Waals surface area contributed by atoms with Gasteiger partial charge in [0.05, 0.1) is 7.11 Å². The summed E-state index contributed by atoms with van der Waals surface area (Å²) in [6, 6.07) is 0. The van der Waals surface area contributed by atoms with Gasteiger partial charge in [0.25, 0.3) is 0 Å². The van der Waals surface area contributed by atoms with Crippen LogP contribution in [0, 0.1) is 20.8 Å². The normalized spacial score (nSPS) is 8.77. The van der Waals surface area contributed by atoms with Crippen molar-refractivity contribution in [2.75, 3.05) is 7.11 Å². The summed E-state index contributed by atoms with van der Waals surface area (Å²) in [4.78, 5) is 4.13. The average Bonchev–Trinajstić information content (AvgIpc) is 2.18. The third kappa shape index (κ3) is 2.72. The molecule has 74 valence electrons. The lowest BCUT2D eigenvalue weighted by Crippen LogP contribution is -1.95. The number of methoxy groups -OCH3 is 1. The zero-order valence-electron chi connectivity index (χ0n) is 9.43. The van der Waals surface area contributed by atoms with Crippen LogP contribution in [0.15, 0.2) is 6.20 Å². The van der Waals surface area contributed by atoms with E-state index in [0.29, 0.717) is 0 Å². The number of aromatic nitrogens is 1. The lowest BCUT2D eigenvalue weighted by Gasteiger charge is -2.07. The molecule has 0 bridgehead atoms. The van der Waals surface area contributed by atoms with Crippen molar-refractivity contribution in [1.82, 2.24) is 4.98 Å². The first kappa shape index (κ1) is 11.9. The topological polar surface area (TPSA) is 22.1 Å². The summed E-state index contributed by atoms with van der Waals surface area (Å²) in [7, 11) is 1.64. The zero-order chi connectivity index (χ0) is 10.4. The molecule has 1 heterocycles. The van der Waals surface area contributed by atoms with Crippen molar-refractivity contribution in [3.05, 3.63) is 22.9 Å². The molecular weight excluding hydrogens is 162 g/mol. The van der Waals surface area contributed by atoms with Gasteiger partial charge in [-0.1, -0.05) is 13.8 Å². The van der Waals surface area contributed by atoms with E-state index < -0.39 is 0 Å². The van der Waals surface area contributed by atoms with Gasteiger partial charge in [-0.25, -0.2) is 4.98 Å². The molecule has 0 aliphatic heterocycles. The van der Waals surface area contributed by atoms with E-state index in [2.05, 4.69) is 18.8 Å². The molecule has 0 fully saturated rings. The summed E-state index contributed by atoms with van der Waals surface area (Å²) in [5.41, 5.74) is 3.60. The quantitative estimate of drug-likeness (QED) is 0.664. The summed E-state index contributed by atoms with van der Waals surface area (Å²) >= 11 is 0. The minimum absolute atomic E-state index is 0.730. The van der Waals surface area contributed by atoms with Gasteiger partial charge >= 0.3 is 0 Å². The monoisotopic (exact) mass is 181 g/mol. The van der Waals surface area contributed by atoms with Gasteiger partial charge in [-0.05, 0) is 31.9 Å². The molecule has 0 spiro atoms. The Balaban J connectivity index is 0.000000671. The van der Waals surface area contributed by atoms with Crippen LogP contribution in [-0.2, 0) is 0 Å². The van der Waals surface area contributed by atoms with Crippen LogP contribution in [0.5, 0.6) is 5.88 Å². The van der Waals surface area contributed by atoms with Crippen LogP contribution in [0.3, 0.4) is 0 Å². The third-order valence-corrected chi connectivity index (χ3v) is 2.04. The highest BCUT2D eigenvalue weighted by Gasteiger charge is 2.03. The van der Waals surface area contributed by atoms with Gasteiger partial charge in [0.2, 0.25) is 5.88 Å². The smallest absolute Gasteiger partial charge is 0.216 e. The number of hydrogen-bond acceptors (Lipinski definition) is 2. The molecule has 0 aliphatic carbocycles. The molecule has 1 aromatic rings. The van der Waals surface area contributed by atoms with Gasteiger partial charge in [-0.3, -0.25) is 0 Å². The Labute approximate surface area is 81.0 Å². The summed E-state index contributed by atoms with van der Waals surface area (Å²) < 4.78 is 5.07. The fraction of sp³-hybridized carbons (Fsp3) is 0.545. The minimum Gasteiger partial charge on any atom is -0.481 e. The molecule has 1 aromatic heterocycles. The van der Waals surface area contributed by atoms with Gasteiger partial charge < -0.3 is 4.74 Å². The van der Waals surface area contributed by atoms with E-state index in [9.17, 15) is 0 Å². The molecule has 0 unspecified atom stereocenters. The molecule has 0 N–H and O–H groups in total. The van der Waals surface area contributed by atoms with E-state index in [0.717, 1.165) is 11.4 Å². The molecular formula is C11H19NO. The third-order valence-electron chi connectivity index (χ3n) is 2.04. The van der Waals surface area contributed by atoms with Crippen LogP contribution >= 0.6 is 0 Å². The largest absolute Gasteiger partial charge is 0.481 e. The highest BCUT2D eigenvalue weighted by atomic mass is 16.5. The van der Waals surface area contributed by atoms with Crippen molar-refractivity contribution in [3.63, 3.8) is 0 Å². The van der Waals surface area contributed by atoms with Crippen molar-refractivity contribution >= 4 is 0 Å². The predicted octanol–water partition coefficient (Wildman–Crippen LogP) is 3.04. The SMILES string of the molecule is CC.COc1ncc(C)c(C)c1C. The minimum atomic E-state index is 0.730. The first-order valence-corrected chi connectivity index (χ1v) is 4.63. The maximum Gasteiger partial charge on any atom is 0.216 e. The molecule has 0 saturated heterocycles. The zero-order valence-corrected chi connectivity index (χ0v) is 9.43. The fourth-order valence-electron chi connectivity index (χ4n) is 1.01. The number of aryl methyl sites for hydroxylation is 1. The van der Waals surface area contributed by atoms with Crippen molar-refractivity contribution in [2.45, 2.75) is 34.6 Å². The highest BCUT2D eigenvalue weighted by Crippen LogP contribution is 2.19. The van der Waals surface area contributed by atoms with E-state index in [1.54, 1.807) is 7.11 Å². The first-order valence-electron chi connectivity index (χ1n) is 4.63. The molecule has 0 amide bonds. The molecule has 2 heteroatoms. The number of nitrogens with zero attached hydrogens (tertiary/aromatic N) is 1. The Morgan fingerprint density at radius 1 is 1.08 bits per heavy atom. The maximum atomic E-state index is 5.07. The number of ether oxygens (including phenoxy) is 1. The molecule has 13 heavy (non-hydrogen) atoms. The molecule has 1 rings (SSSR count). The Morgan fingerprint density at radius 3 is 2.08 bits per heavy atom. The summed E-state index contributed by atoms with van der Waals surface area (Å²) in [6.45, 7) is 10.2. The predicted molar refractivity (Wildman–Crippen MR) is 56.3 cm³/mol. The maximum absolute atomic E-state index is 5.07. The van der Waals surface area contributed by atoms with Crippen molar-refractivity contribution in [3.8, 4) is 5.88 Å². The Morgan fingerprint density at radius 2 is 1.62 bits per heavy atom. The molecule has 0 aliphatic rings. The van der Waals surface area contributed by atoms with Crippen LogP contribution in [0.25, 0.3) is 0 Å². The second-order valence-corrected chi connectivity index (χ2v) is 2.70. The molecule has 0 aromatic carbocycles. The van der Waals surface area contributed by atoms with E-state index in [-0.39, 0.29) is 0 Å². The summed E-state index contributed by atoms with van der Waals surface area (Å²) in [5.74, 6) is 0.730. The van der Waals surface area contributed by atoms with Crippen LogP contribution in [-0.4, -0.2) is 12.1 Å². The number of rotatable bonds is 1. The fourth-order valence-corrected chi connectivity index (χ4v) is 1.01. The van der Waals surface area contributed by atoms with Crippen molar-refractivity contribution in [1.29, 1.82) is 0 Å². The number of pyridine rings is 1. The van der Waals surface area contributed by atoms with Crippen molar-refractivity contribution < 1.29 is 4.74 Å². The molecule has 0 radical (unpaired) electrons. The Kier molecular flexibility index (Phi) is 5.12. The summed E-state index contributed by atoms with van der Waals surface area (Å²) in [5, 5.41) is 0. The van der Waals surface area contributed by atoms with Crippen LogP contribution < -0.4 is 4.74 Å². The van der Waals surface area contributed by atoms with E-state index in [1.807, 2.05) is 27.0 Å². The van der Waals surface area contributed by atoms with E-state index >= 15 is 0 Å². The second-order valence-electron chi connectivity index (χ2n) is 2.70. The standard InChI is InChI=1S/C9H13NO.C2H6/c1-6-5-10-9(11-4)8(3)7(6)2;1-2/h5H,1-4H3;1-2H3. The first-order chi connectivity index (χ1) is 6.16. The molecule has 0 saturated carbocycles. The van der Waals surface area contributed by atoms with Crippen LogP contribution in [0.4, 0.5) is 0 Å². The van der Waals surface area contributed by atoms with Crippen LogP contribution in [0.1, 0.15) is 30.5 Å². The average molecular weight is 181 g/mol. The second kappa shape index (κ2) is 5.57. The highest BCUT2D eigenvalue weighted by molar-refractivity contribution is 5.36. The molecule has 2 nitrogen and oxygen atoms in total. The van der Waals surface area contributed by atoms with Gasteiger partial charge in [-0.2, -0.15) is 0 Å². The lowest BCUT2D eigenvalue weighted by molar-refractivity contribution is 0.394. The van der Waals surface area contributed by atoms with Crippen LogP contribution in [0.2, 0.25) is 0 Å². The van der Waals surface area contributed by atoms with Gasteiger partial charge in [0.1, 0.15) is 0 Å². The van der Waals surface area contributed by atoms with Crippen molar-refractivity contribution in [2.24, 2.45) is 0 Å². The summed E-state index contributed by atoms with van der Waals surface area (Å²) in [6.07, 6.45) is 1.83. The Bertz CT molecular complexity index is 269. The van der Waals surface area contributed by atoms with E-state index in [4.69, 9.17) is 4.74 Å². The van der Waals surface area contributed by atoms with Gasteiger partial charge in [0.15, 0.2) is 0 Å².